The van der Waals surface area contributed by atoms with Gasteiger partial charge < -0.3 is 10.4 Å². The molecule has 0 saturated heterocycles. The summed E-state index contributed by atoms with van der Waals surface area (Å²) in [6.07, 6.45) is 2.36. The number of nitrogens with one attached hydrogen (secondary N) is 1. The molecule has 1 aromatic carbocycles. The maximum atomic E-state index is 11.3. The highest BCUT2D eigenvalue weighted by Crippen LogP contribution is 2.25. The molecule has 112 valence electrons. The molecule has 1 aromatic heterocycles. The van der Waals surface area contributed by atoms with Crippen LogP contribution in [0, 0.1) is 5.92 Å². The quantitative estimate of drug-likeness (QED) is 0.835. The Labute approximate surface area is 132 Å². The SMILES string of the molecule is CC(C)C[C@H](NCc1ccc(Br)c2cccnc12)C(=O)O. The van der Waals surface area contributed by atoms with Gasteiger partial charge >= 0.3 is 5.97 Å². The van der Waals surface area contributed by atoms with Crippen molar-refractivity contribution in [2.24, 2.45) is 5.92 Å². The van der Waals surface area contributed by atoms with Crippen LogP contribution in [-0.4, -0.2) is 22.1 Å². The minimum atomic E-state index is -0.807. The number of carboxylic acid groups (broad SMARTS) is 1. The van der Waals surface area contributed by atoms with E-state index < -0.39 is 12.0 Å². The van der Waals surface area contributed by atoms with Gasteiger partial charge in [0.2, 0.25) is 0 Å². The van der Waals surface area contributed by atoms with Crippen LogP contribution < -0.4 is 5.32 Å². The number of hydrogen-bond donors (Lipinski definition) is 2. The molecule has 0 amide bonds. The lowest BCUT2D eigenvalue weighted by atomic mass is 10.0. The molecule has 0 aliphatic heterocycles. The zero-order valence-corrected chi connectivity index (χ0v) is 13.7. The van der Waals surface area contributed by atoms with Crippen molar-refractivity contribution in [2.75, 3.05) is 0 Å². The molecule has 5 heteroatoms. The fourth-order valence-corrected chi connectivity index (χ4v) is 2.77. The first kappa shape index (κ1) is 15.9. The number of fused-ring (bicyclic) bond motifs is 1. The van der Waals surface area contributed by atoms with Gasteiger partial charge in [-0.3, -0.25) is 9.78 Å². The number of carboxylic acids is 1. The molecule has 1 heterocycles. The Morgan fingerprint density at radius 3 is 2.81 bits per heavy atom. The fraction of sp³-hybridized carbons (Fsp3) is 0.375. The number of aliphatic carboxylic acids is 1. The number of halogens is 1. The highest BCUT2D eigenvalue weighted by Gasteiger charge is 2.18. The second-order valence-corrected chi connectivity index (χ2v) is 6.36. The predicted octanol–water partition coefficient (Wildman–Crippen LogP) is 3.59. The van der Waals surface area contributed by atoms with E-state index in [9.17, 15) is 9.90 Å². The van der Waals surface area contributed by atoms with E-state index in [0.29, 0.717) is 18.9 Å². The number of carbonyl (C=O) groups is 1. The molecule has 2 N–H and O–H groups in total. The van der Waals surface area contributed by atoms with Gasteiger partial charge in [-0.05, 0) is 30.0 Å². The van der Waals surface area contributed by atoms with Crippen molar-refractivity contribution in [3.05, 3.63) is 40.5 Å². The largest absolute Gasteiger partial charge is 0.480 e. The molecule has 0 fully saturated rings. The molecule has 0 aliphatic carbocycles. The molecule has 0 bridgehead atoms. The Bertz CT molecular complexity index is 643. The number of hydrogen-bond acceptors (Lipinski definition) is 3. The van der Waals surface area contributed by atoms with E-state index in [-0.39, 0.29) is 0 Å². The molecular formula is C16H19BrN2O2. The minimum Gasteiger partial charge on any atom is -0.480 e. The molecule has 1 atom stereocenters. The van der Waals surface area contributed by atoms with Gasteiger partial charge in [-0.2, -0.15) is 0 Å². The average Bonchev–Trinajstić information content (AvgIpc) is 2.45. The summed E-state index contributed by atoms with van der Waals surface area (Å²) in [4.78, 5) is 15.7. The highest BCUT2D eigenvalue weighted by atomic mass is 79.9. The van der Waals surface area contributed by atoms with E-state index in [0.717, 1.165) is 20.9 Å². The summed E-state index contributed by atoms with van der Waals surface area (Å²) in [5.41, 5.74) is 1.90. The topological polar surface area (TPSA) is 62.2 Å². The number of pyridine rings is 1. The predicted molar refractivity (Wildman–Crippen MR) is 87.2 cm³/mol. The van der Waals surface area contributed by atoms with Crippen LogP contribution in [0.3, 0.4) is 0 Å². The molecule has 21 heavy (non-hydrogen) atoms. The van der Waals surface area contributed by atoms with Gasteiger partial charge in [-0.25, -0.2) is 0 Å². The Morgan fingerprint density at radius 2 is 2.14 bits per heavy atom. The molecule has 0 spiro atoms. The van der Waals surface area contributed by atoms with Crippen molar-refractivity contribution in [1.82, 2.24) is 10.3 Å². The maximum Gasteiger partial charge on any atom is 0.320 e. The lowest BCUT2D eigenvalue weighted by molar-refractivity contribution is -0.140. The molecule has 0 aliphatic rings. The van der Waals surface area contributed by atoms with Gasteiger partial charge in [-0.1, -0.05) is 41.9 Å². The first-order valence-corrected chi connectivity index (χ1v) is 7.76. The van der Waals surface area contributed by atoms with Gasteiger partial charge in [0.25, 0.3) is 0 Å². The van der Waals surface area contributed by atoms with Crippen molar-refractivity contribution >= 4 is 32.8 Å². The fourth-order valence-electron chi connectivity index (χ4n) is 2.32. The number of nitrogens with zero attached hydrogens (tertiary/aromatic N) is 1. The van der Waals surface area contributed by atoms with Gasteiger partial charge in [0.1, 0.15) is 6.04 Å². The van der Waals surface area contributed by atoms with Gasteiger partial charge in [-0.15, -0.1) is 0 Å². The van der Waals surface area contributed by atoms with Crippen molar-refractivity contribution in [1.29, 1.82) is 0 Å². The summed E-state index contributed by atoms with van der Waals surface area (Å²) in [6.45, 7) is 4.53. The van der Waals surface area contributed by atoms with Crippen molar-refractivity contribution in [3.8, 4) is 0 Å². The smallest absolute Gasteiger partial charge is 0.320 e. The van der Waals surface area contributed by atoms with Crippen LogP contribution in [0.1, 0.15) is 25.8 Å². The molecular weight excluding hydrogens is 332 g/mol. The number of rotatable bonds is 6. The molecule has 2 rings (SSSR count). The minimum absolute atomic E-state index is 0.332. The summed E-state index contributed by atoms with van der Waals surface area (Å²) in [6, 6.07) is 7.30. The van der Waals surface area contributed by atoms with Crippen LogP contribution in [0.5, 0.6) is 0 Å². The second kappa shape index (κ2) is 7.00. The number of benzene rings is 1. The Hall–Kier alpha value is -1.46. The number of aromatic nitrogens is 1. The summed E-state index contributed by atoms with van der Waals surface area (Å²) < 4.78 is 0.992. The van der Waals surface area contributed by atoms with Crippen molar-refractivity contribution in [2.45, 2.75) is 32.9 Å². The second-order valence-electron chi connectivity index (χ2n) is 5.51. The Morgan fingerprint density at radius 1 is 1.38 bits per heavy atom. The summed E-state index contributed by atoms with van der Waals surface area (Å²) >= 11 is 3.51. The molecule has 2 aromatic rings. The van der Waals surface area contributed by atoms with Crippen LogP contribution in [0.2, 0.25) is 0 Å². The molecule has 0 radical (unpaired) electrons. The highest BCUT2D eigenvalue weighted by molar-refractivity contribution is 9.10. The summed E-state index contributed by atoms with van der Waals surface area (Å²) in [5, 5.41) is 13.4. The third-order valence-corrected chi connectivity index (χ3v) is 4.04. The molecule has 0 unspecified atom stereocenters. The lowest BCUT2D eigenvalue weighted by Gasteiger charge is -2.17. The van der Waals surface area contributed by atoms with Crippen LogP contribution in [-0.2, 0) is 11.3 Å². The lowest BCUT2D eigenvalue weighted by Crippen LogP contribution is -2.37. The molecule has 4 nitrogen and oxygen atoms in total. The first-order valence-electron chi connectivity index (χ1n) is 6.97. The van der Waals surface area contributed by atoms with Gasteiger partial charge in [0.15, 0.2) is 0 Å². The van der Waals surface area contributed by atoms with E-state index >= 15 is 0 Å². The molecule has 0 saturated carbocycles. The van der Waals surface area contributed by atoms with E-state index in [1.807, 2.05) is 38.1 Å². The van der Waals surface area contributed by atoms with E-state index in [2.05, 4.69) is 26.2 Å². The van der Waals surface area contributed by atoms with E-state index in [1.54, 1.807) is 6.20 Å². The monoisotopic (exact) mass is 350 g/mol. The zero-order chi connectivity index (χ0) is 15.4. The summed E-state index contributed by atoms with van der Waals surface area (Å²) in [7, 11) is 0. The average molecular weight is 351 g/mol. The van der Waals surface area contributed by atoms with Gasteiger partial charge in [0, 0.05) is 22.6 Å². The van der Waals surface area contributed by atoms with Crippen LogP contribution >= 0.6 is 15.9 Å². The van der Waals surface area contributed by atoms with Crippen LogP contribution in [0.15, 0.2) is 34.9 Å². The standard InChI is InChI=1S/C16H19BrN2O2/c1-10(2)8-14(16(20)21)19-9-11-5-6-13(17)12-4-3-7-18-15(11)12/h3-7,10,14,19H,8-9H2,1-2H3,(H,20,21)/t14-/m0/s1. The zero-order valence-electron chi connectivity index (χ0n) is 12.1. The third kappa shape index (κ3) is 4.02. The van der Waals surface area contributed by atoms with E-state index in [1.165, 1.54) is 0 Å². The summed E-state index contributed by atoms with van der Waals surface area (Å²) in [5.74, 6) is -0.475. The van der Waals surface area contributed by atoms with Crippen molar-refractivity contribution in [3.63, 3.8) is 0 Å². The Kier molecular flexibility index (Phi) is 5.31. The van der Waals surface area contributed by atoms with E-state index in [4.69, 9.17) is 0 Å². The van der Waals surface area contributed by atoms with Crippen molar-refractivity contribution < 1.29 is 9.90 Å². The normalized spacial score (nSPS) is 12.8. The Balaban J connectivity index is 2.20. The third-order valence-electron chi connectivity index (χ3n) is 3.34. The van der Waals surface area contributed by atoms with Gasteiger partial charge in [0.05, 0.1) is 5.52 Å². The van der Waals surface area contributed by atoms with Crippen LogP contribution in [0.4, 0.5) is 0 Å². The maximum absolute atomic E-state index is 11.3. The first-order chi connectivity index (χ1) is 9.99. The van der Waals surface area contributed by atoms with Crippen LogP contribution in [0.25, 0.3) is 10.9 Å².